The van der Waals surface area contributed by atoms with E-state index in [4.69, 9.17) is 4.74 Å². The number of nitrogens with one attached hydrogen (secondary N) is 1. The molecule has 0 aliphatic carbocycles. The van der Waals surface area contributed by atoms with Gasteiger partial charge >= 0.3 is 11.8 Å². The molecule has 1 rings (SSSR count). The van der Waals surface area contributed by atoms with Crippen molar-refractivity contribution in [2.75, 3.05) is 5.32 Å². The van der Waals surface area contributed by atoms with Crippen LogP contribution in [0.25, 0.3) is 0 Å². The normalized spacial score (nSPS) is 11.5. The molecule has 8 nitrogen and oxygen atoms in total. The molecule has 1 atom stereocenters. The second-order valence-electron chi connectivity index (χ2n) is 5.08. The van der Waals surface area contributed by atoms with Gasteiger partial charge in [-0.05, 0) is 34.6 Å². The molecule has 1 unspecified atom stereocenters. The van der Waals surface area contributed by atoms with Gasteiger partial charge in [0.15, 0.2) is 0 Å². The minimum absolute atomic E-state index is 0.158. The van der Waals surface area contributed by atoms with Crippen molar-refractivity contribution in [3.63, 3.8) is 0 Å². The maximum absolute atomic E-state index is 11.6. The van der Waals surface area contributed by atoms with E-state index < -0.39 is 16.6 Å². The molecule has 0 bridgehead atoms. The van der Waals surface area contributed by atoms with Gasteiger partial charge in [-0.3, -0.25) is 20.1 Å². The van der Waals surface area contributed by atoms with Crippen LogP contribution in [-0.2, 0) is 4.74 Å². The molecule has 105 valence electrons. The lowest BCUT2D eigenvalue weighted by molar-refractivity contribution is -0.384. The Bertz CT molecular complexity index is 487. The van der Waals surface area contributed by atoms with Crippen LogP contribution in [0, 0.1) is 17.0 Å². The fourth-order valence-electron chi connectivity index (χ4n) is 1.23. The minimum Gasteiger partial charge on any atom is -0.444 e. The molecule has 1 amide bonds. The zero-order chi connectivity index (χ0) is 14.8. The van der Waals surface area contributed by atoms with Gasteiger partial charge in [-0.15, -0.1) is 5.10 Å². The van der Waals surface area contributed by atoms with Crippen LogP contribution in [0.2, 0.25) is 0 Å². The topological polar surface area (TPSA) is 99.3 Å². The van der Waals surface area contributed by atoms with Gasteiger partial charge in [0.05, 0.1) is 4.92 Å². The van der Waals surface area contributed by atoms with Crippen LogP contribution >= 0.6 is 0 Å². The summed E-state index contributed by atoms with van der Waals surface area (Å²) in [7, 11) is 0. The first kappa shape index (κ1) is 14.9. The number of rotatable bonds is 3. The summed E-state index contributed by atoms with van der Waals surface area (Å²) in [6, 6.07) is -0.298. The average Bonchev–Trinajstić information content (AvgIpc) is 2.58. The standard InChI is InChI=1S/C11H17N4O4/c1-7(2)14-6-8(15(17)18)9(13-14)12-10(16)19-11(3,4)5/h6-7H,1H2,2-5H3,(H,12,13,16). The number of ether oxygens (including phenoxy) is 1. The highest BCUT2D eigenvalue weighted by Gasteiger charge is 2.24. The van der Waals surface area contributed by atoms with Gasteiger partial charge in [-0.2, -0.15) is 0 Å². The molecule has 1 heterocycles. The first-order chi connectivity index (χ1) is 8.60. The Hall–Kier alpha value is -2.12. The molecule has 0 aromatic carbocycles. The highest BCUT2D eigenvalue weighted by atomic mass is 16.6. The number of hydrogen-bond acceptors (Lipinski definition) is 5. The maximum Gasteiger partial charge on any atom is 0.413 e. The van der Waals surface area contributed by atoms with E-state index in [1.165, 1.54) is 10.9 Å². The van der Waals surface area contributed by atoms with Gasteiger partial charge in [0.1, 0.15) is 11.8 Å². The molecule has 0 spiro atoms. The lowest BCUT2D eigenvalue weighted by Gasteiger charge is -2.18. The largest absolute Gasteiger partial charge is 0.444 e. The van der Waals surface area contributed by atoms with E-state index in [1.54, 1.807) is 27.7 Å². The van der Waals surface area contributed by atoms with Crippen molar-refractivity contribution < 1.29 is 14.5 Å². The molecule has 0 fully saturated rings. The Morgan fingerprint density at radius 2 is 2.21 bits per heavy atom. The number of carbonyl (C=O) groups is 1. The summed E-state index contributed by atoms with van der Waals surface area (Å²) in [5.74, 6) is -0.158. The number of anilines is 1. The number of amides is 1. The van der Waals surface area contributed by atoms with Crippen LogP contribution in [0.5, 0.6) is 0 Å². The number of nitrogens with zero attached hydrogens (tertiary/aromatic N) is 3. The Kier molecular flexibility index (Phi) is 4.13. The predicted molar refractivity (Wildman–Crippen MR) is 68.8 cm³/mol. The summed E-state index contributed by atoms with van der Waals surface area (Å²) in [4.78, 5) is 21.8. The van der Waals surface area contributed by atoms with Crippen LogP contribution in [-0.4, -0.2) is 26.4 Å². The van der Waals surface area contributed by atoms with Crippen molar-refractivity contribution in [1.29, 1.82) is 0 Å². The Morgan fingerprint density at radius 1 is 1.63 bits per heavy atom. The monoisotopic (exact) mass is 269 g/mol. The maximum atomic E-state index is 11.6. The number of carbonyl (C=O) groups excluding carboxylic acids is 1. The third kappa shape index (κ3) is 4.23. The third-order valence-corrected chi connectivity index (χ3v) is 1.98. The lowest BCUT2D eigenvalue weighted by Crippen LogP contribution is -2.27. The van der Waals surface area contributed by atoms with Gasteiger partial charge in [0, 0.05) is 6.04 Å². The zero-order valence-corrected chi connectivity index (χ0v) is 11.3. The third-order valence-electron chi connectivity index (χ3n) is 1.98. The molecule has 0 aliphatic heterocycles. The van der Waals surface area contributed by atoms with Gasteiger partial charge in [-0.1, -0.05) is 0 Å². The van der Waals surface area contributed by atoms with E-state index in [2.05, 4.69) is 17.3 Å². The molecule has 1 aromatic rings. The Morgan fingerprint density at radius 3 is 2.63 bits per heavy atom. The van der Waals surface area contributed by atoms with Crippen molar-refractivity contribution >= 4 is 17.6 Å². The molecular weight excluding hydrogens is 252 g/mol. The second kappa shape index (κ2) is 5.25. The highest BCUT2D eigenvalue weighted by Crippen LogP contribution is 2.24. The number of aromatic nitrogens is 2. The Balaban J connectivity index is 2.93. The van der Waals surface area contributed by atoms with Crippen LogP contribution in [0.1, 0.15) is 33.7 Å². The van der Waals surface area contributed by atoms with E-state index in [-0.39, 0.29) is 17.5 Å². The molecular formula is C11H17N4O4. The van der Waals surface area contributed by atoms with Crippen molar-refractivity contribution in [1.82, 2.24) is 9.78 Å². The summed E-state index contributed by atoms with van der Waals surface area (Å²) < 4.78 is 6.31. The molecule has 0 saturated heterocycles. The summed E-state index contributed by atoms with van der Waals surface area (Å²) >= 11 is 0. The van der Waals surface area contributed by atoms with Crippen LogP contribution in [0.4, 0.5) is 16.3 Å². The predicted octanol–water partition coefficient (Wildman–Crippen LogP) is 2.53. The quantitative estimate of drug-likeness (QED) is 0.671. The molecule has 0 saturated carbocycles. The molecule has 1 aromatic heterocycles. The summed E-state index contributed by atoms with van der Waals surface area (Å²) in [5, 5.41) is 17.0. The van der Waals surface area contributed by atoms with Crippen molar-refractivity contribution in [2.24, 2.45) is 0 Å². The molecule has 1 N–H and O–H groups in total. The van der Waals surface area contributed by atoms with Crippen LogP contribution < -0.4 is 5.32 Å². The number of nitro groups is 1. The Labute approximate surface area is 110 Å². The molecule has 19 heavy (non-hydrogen) atoms. The summed E-state index contributed by atoms with van der Waals surface area (Å²) in [6.45, 7) is 10.5. The molecule has 0 aliphatic rings. The van der Waals surface area contributed by atoms with Gasteiger partial charge in [0.25, 0.3) is 0 Å². The average molecular weight is 269 g/mol. The van der Waals surface area contributed by atoms with Crippen LogP contribution in [0.3, 0.4) is 0 Å². The van der Waals surface area contributed by atoms with E-state index in [1.807, 2.05) is 0 Å². The number of hydrogen-bond donors (Lipinski definition) is 1. The lowest BCUT2D eigenvalue weighted by atomic mass is 10.2. The van der Waals surface area contributed by atoms with E-state index in [0.717, 1.165) is 0 Å². The fraction of sp³-hybridized carbons (Fsp3) is 0.545. The van der Waals surface area contributed by atoms with Crippen molar-refractivity contribution in [2.45, 2.75) is 39.3 Å². The zero-order valence-electron chi connectivity index (χ0n) is 11.3. The fourth-order valence-corrected chi connectivity index (χ4v) is 1.23. The second-order valence-corrected chi connectivity index (χ2v) is 5.08. The van der Waals surface area contributed by atoms with Gasteiger partial charge in [-0.25, -0.2) is 4.79 Å². The van der Waals surface area contributed by atoms with Crippen LogP contribution in [0.15, 0.2) is 6.20 Å². The minimum atomic E-state index is -0.794. The van der Waals surface area contributed by atoms with Gasteiger partial charge < -0.3 is 4.74 Å². The highest BCUT2D eigenvalue weighted by molar-refractivity contribution is 5.86. The summed E-state index contributed by atoms with van der Waals surface area (Å²) in [6.07, 6.45) is 0.419. The first-order valence-electron chi connectivity index (χ1n) is 5.67. The van der Waals surface area contributed by atoms with E-state index >= 15 is 0 Å². The van der Waals surface area contributed by atoms with E-state index in [0.29, 0.717) is 0 Å². The molecule has 8 heteroatoms. The van der Waals surface area contributed by atoms with Crippen molar-refractivity contribution in [3.05, 3.63) is 23.2 Å². The first-order valence-corrected chi connectivity index (χ1v) is 5.67. The van der Waals surface area contributed by atoms with Gasteiger partial charge in [0.2, 0.25) is 5.82 Å². The summed E-state index contributed by atoms with van der Waals surface area (Å²) in [5.41, 5.74) is -0.998. The van der Waals surface area contributed by atoms with E-state index in [9.17, 15) is 14.9 Å². The smallest absolute Gasteiger partial charge is 0.413 e. The SMILES string of the molecule is [CH2]C(C)n1cc([N+](=O)[O-])c(NC(=O)OC(C)(C)C)n1. The van der Waals surface area contributed by atoms with Crippen molar-refractivity contribution in [3.8, 4) is 0 Å². The molecule has 1 radical (unpaired) electrons.